The van der Waals surface area contributed by atoms with E-state index in [2.05, 4.69) is 20.8 Å². The lowest BCUT2D eigenvalue weighted by molar-refractivity contribution is 0.203. The van der Waals surface area contributed by atoms with Gasteiger partial charge in [-0.3, -0.25) is 5.43 Å². The average molecular weight is 260 g/mol. The van der Waals surface area contributed by atoms with Crippen molar-refractivity contribution in [2.75, 3.05) is 12.5 Å². The summed E-state index contributed by atoms with van der Waals surface area (Å²) in [6, 6.07) is 8.71. The lowest BCUT2D eigenvalue weighted by Gasteiger charge is -2.08. The lowest BCUT2D eigenvalue weighted by Crippen LogP contribution is -2.32. The third-order valence-corrected chi connectivity index (χ3v) is 2.08. The van der Waals surface area contributed by atoms with Gasteiger partial charge in [-0.25, -0.2) is 20.2 Å². The maximum Gasteiger partial charge on any atom is 0.431 e. The van der Waals surface area contributed by atoms with Crippen molar-refractivity contribution in [2.24, 2.45) is 0 Å². The van der Waals surface area contributed by atoms with Gasteiger partial charge in [0.15, 0.2) is 5.82 Å². The first-order valence-electron chi connectivity index (χ1n) is 5.43. The fraction of sp³-hybridized carbons (Fsp3) is 0.0833. The maximum atomic E-state index is 11.4. The molecule has 0 atom stereocenters. The van der Waals surface area contributed by atoms with Gasteiger partial charge in [0, 0.05) is 0 Å². The number of hydrogen-bond donors (Lipinski definition) is 2. The number of methoxy groups -OCH3 is 1. The fourth-order valence-electron chi connectivity index (χ4n) is 1.22. The molecule has 0 aliphatic rings. The molecule has 98 valence electrons. The van der Waals surface area contributed by atoms with Crippen LogP contribution in [0.3, 0.4) is 0 Å². The van der Waals surface area contributed by atoms with Crippen molar-refractivity contribution >= 4 is 11.9 Å². The Kier molecular flexibility index (Phi) is 4.12. The van der Waals surface area contributed by atoms with Crippen molar-refractivity contribution in [2.45, 2.75) is 0 Å². The zero-order chi connectivity index (χ0) is 13.5. The van der Waals surface area contributed by atoms with E-state index in [1.807, 2.05) is 6.07 Å². The standard InChI is InChI=1S/C12H12N4O3/c1-18-11-8-13-10(7-14-11)15-16-12(17)19-9-5-3-2-4-6-9/h2-8H,1H3,(H,13,15)(H,16,17). The number of rotatable bonds is 4. The molecular formula is C12H12N4O3. The van der Waals surface area contributed by atoms with Crippen LogP contribution in [0.4, 0.5) is 10.6 Å². The average Bonchev–Trinajstić information content (AvgIpc) is 2.47. The van der Waals surface area contributed by atoms with Gasteiger partial charge in [0.25, 0.3) is 0 Å². The number of nitrogens with one attached hydrogen (secondary N) is 2. The molecule has 0 bridgehead atoms. The number of anilines is 1. The zero-order valence-electron chi connectivity index (χ0n) is 10.2. The number of amides is 1. The largest absolute Gasteiger partial charge is 0.480 e. The SMILES string of the molecule is COc1cnc(NNC(=O)Oc2ccccc2)cn1. The van der Waals surface area contributed by atoms with Gasteiger partial charge in [-0.2, -0.15) is 0 Å². The van der Waals surface area contributed by atoms with E-state index in [9.17, 15) is 4.79 Å². The number of para-hydroxylation sites is 1. The molecule has 1 aromatic carbocycles. The van der Waals surface area contributed by atoms with E-state index in [4.69, 9.17) is 9.47 Å². The van der Waals surface area contributed by atoms with E-state index in [1.165, 1.54) is 19.5 Å². The molecule has 0 radical (unpaired) electrons. The first-order chi connectivity index (χ1) is 9.28. The number of carbonyl (C=O) groups is 1. The number of ether oxygens (including phenoxy) is 2. The molecule has 7 heteroatoms. The number of benzene rings is 1. The van der Waals surface area contributed by atoms with E-state index in [1.54, 1.807) is 24.3 Å². The summed E-state index contributed by atoms with van der Waals surface area (Å²) in [5.41, 5.74) is 4.89. The topological polar surface area (TPSA) is 85.4 Å². The summed E-state index contributed by atoms with van der Waals surface area (Å²) in [4.78, 5) is 19.3. The van der Waals surface area contributed by atoms with Gasteiger partial charge in [0.1, 0.15) is 5.75 Å². The van der Waals surface area contributed by atoms with Crippen molar-refractivity contribution in [3.05, 3.63) is 42.7 Å². The molecule has 1 heterocycles. The molecule has 0 aliphatic carbocycles. The summed E-state index contributed by atoms with van der Waals surface area (Å²) in [5, 5.41) is 0. The first kappa shape index (κ1) is 12.6. The van der Waals surface area contributed by atoms with E-state index >= 15 is 0 Å². The molecule has 7 nitrogen and oxygen atoms in total. The van der Waals surface area contributed by atoms with Crippen molar-refractivity contribution in [3.8, 4) is 11.6 Å². The van der Waals surface area contributed by atoms with E-state index in [0.29, 0.717) is 17.4 Å². The Morgan fingerprint density at radius 1 is 1.16 bits per heavy atom. The predicted octanol–water partition coefficient (Wildman–Crippen LogP) is 1.60. The summed E-state index contributed by atoms with van der Waals surface area (Å²) >= 11 is 0. The van der Waals surface area contributed by atoms with Crippen LogP contribution in [0.2, 0.25) is 0 Å². The molecule has 2 rings (SSSR count). The number of nitrogens with zero attached hydrogens (tertiary/aromatic N) is 2. The normalized spacial score (nSPS) is 9.53. The predicted molar refractivity (Wildman–Crippen MR) is 67.8 cm³/mol. The molecule has 0 saturated heterocycles. The van der Waals surface area contributed by atoms with Gasteiger partial charge < -0.3 is 9.47 Å². The summed E-state index contributed by atoms with van der Waals surface area (Å²) < 4.78 is 9.86. The van der Waals surface area contributed by atoms with Gasteiger partial charge in [-0.15, -0.1) is 0 Å². The highest BCUT2D eigenvalue weighted by atomic mass is 16.6. The van der Waals surface area contributed by atoms with Crippen molar-refractivity contribution in [1.82, 2.24) is 15.4 Å². The number of hydrogen-bond acceptors (Lipinski definition) is 6. The smallest absolute Gasteiger partial charge is 0.431 e. The van der Waals surface area contributed by atoms with Crippen LogP contribution < -0.4 is 20.3 Å². The van der Waals surface area contributed by atoms with Gasteiger partial charge >= 0.3 is 6.09 Å². The second-order valence-electron chi connectivity index (χ2n) is 3.40. The molecule has 2 N–H and O–H groups in total. The third-order valence-electron chi connectivity index (χ3n) is 2.08. The first-order valence-corrected chi connectivity index (χ1v) is 5.43. The van der Waals surface area contributed by atoms with Crippen LogP contribution in [0.5, 0.6) is 11.6 Å². The monoisotopic (exact) mass is 260 g/mol. The maximum absolute atomic E-state index is 11.4. The minimum absolute atomic E-state index is 0.366. The molecule has 0 spiro atoms. The van der Waals surface area contributed by atoms with E-state index < -0.39 is 6.09 Å². The van der Waals surface area contributed by atoms with Crippen LogP contribution in [0.25, 0.3) is 0 Å². The Bertz CT molecular complexity index is 530. The molecule has 19 heavy (non-hydrogen) atoms. The second-order valence-corrected chi connectivity index (χ2v) is 3.40. The zero-order valence-corrected chi connectivity index (χ0v) is 10.2. The Balaban J connectivity index is 1.83. The van der Waals surface area contributed by atoms with Crippen LogP contribution in [-0.2, 0) is 0 Å². The van der Waals surface area contributed by atoms with Gasteiger partial charge in [0.05, 0.1) is 19.5 Å². The van der Waals surface area contributed by atoms with Crippen molar-refractivity contribution in [3.63, 3.8) is 0 Å². The Morgan fingerprint density at radius 2 is 1.95 bits per heavy atom. The molecule has 0 aliphatic heterocycles. The Labute approximate surface area is 109 Å². The molecule has 0 saturated carbocycles. The number of carbonyl (C=O) groups excluding carboxylic acids is 1. The second kappa shape index (κ2) is 6.20. The van der Waals surface area contributed by atoms with Crippen molar-refractivity contribution in [1.29, 1.82) is 0 Å². The van der Waals surface area contributed by atoms with Crippen LogP contribution in [0.15, 0.2) is 42.7 Å². The van der Waals surface area contributed by atoms with Crippen LogP contribution in [0.1, 0.15) is 0 Å². The molecule has 1 amide bonds. The molecule has 1 aromatic heterocycles. The highest BCUT2D eigenvalue weighted by Crippen LogP contribution is 2.08. The summed E-state index contributed by atoms with van der Waals surface area (Å²) in [7, 11) is 1.49. The molecular weight excluding hydrogens is 248 g/mol. The molecule has 0 fully saturated rings. The summed E-state index contributed by atoms with van der Waals surface area (Å²) in [6.45, 7) is 0. The fourth-order valence-corrected chi connectivity index (χ4v) is 1.22. The van der Waals surface area contributed by atoms with E-state index in [0.717, 1.165) is 0 Å². The number of aromatic nitrogens is 2. The van der Waals surface area contributed by atoms with Gasteiger partial charge in [0.2, 0.25) is 5.88 Å². The van der Waals surface area contributed by atoms with Crippen LogP contribution in [0, 0.1) is 0 Å². The third kappa shape index (κ3) is 3.84. The minimum Gasteiger partial charge on any atom is -0.480 e. The van der Waals surface area contributed by atoms with E-state index in [-0.39, 0.29) is 0 Å². The summed E-state index contributed by atoms with van der Waals surface area (Å²) in [6.07, 6.45) is 2.19. The highest BCUT2D eigenvalue weighted by Gasteiger charge is 2.03. The van der Waals surface area contributed by atoms with Gasteiger partial charge in [-0.1, -0.05) is 18.2 Å². The van der Waals surface area contributed by atoms with Crippen LogP contribution >= 0.6 is 0 Å². The van der Waals surface area contributed by atoms with Gasteiger partial charge in [-0.05, 0) is 12.1 Å². The minimum atomic E-state index is -0.649. The number of hydrazine groups is 1. The highest BCUT2D eigenvalue weighted by molar-refractivity contribution is 5.71. The quantitative estimate of drug-likeness (QED) is 0.812. The molecule has 2 aromatic rings. The van der Waals surface area contributed by atoms with Crippen molar-refractivity contribution < 1.29 is 14.3 Å². The molecule has 0 unspecified atom stereocenters. The Morgan fingerprint density at radius 3 is 2.58 bits per heavy atom. The summed E-state index contributed by atoms with van der Waals surface area (Å²) in [5.74, 6) is 1.20. The lowest BCUT2D eigenvalue weighted by atomic mass is 10.3. The Hall–Kier alpha value is -2.83. The van der Waals surface area contributed by atoms with Crippen LogP contribution in [-0.4, -0.2) is 23.2 Å².